The maximum atomic E-state index is 12.3. The van der Waals surface area contributed by atoms with E-state index in [1.807, 2.05) is 32.0 Å². The molecule has 0 bridgehead atoms. The van der Waals surface area contributed by atoms with E-state index in [-0.39, 0.29) is 5.91 Å². The molecule has 1 heterocycles. The number of nitrogens with one attached hydrogen (secondary N) is 1. The maximum absolute atomic E-state index is 12.3. The number of carbonyl (C=O) groups excluding carboxylic acids is 1. The van der Waals surface area contributed by atoms with Crippen LogP contribution in [-0.4, -0.2) is 5.91 Å². The maximum Gasteiger partial charge on any atom is 0.259 e. The predicted molar refractivity (Wildman–Crippen MR) is 81.3 cm³/mol. The van der Waals surface area contributed by atoms with Gasteiger partial charge in [-0.3, -0.25) is 4.79 Å². The summed E-state index contributed by atoms with van der Waals surface area (Å²) < 4.78 is 5.41. The number of benzene rings is 1. The molecule has 1 atom stereocenters. The van der Waals surface area contributed by atoms with Crippen molar-refractivity contribution in [3.8, 4) is 0 Å². The first kappa shape index (κ1) is 14.4. The minimum atomic E-state index is -0.116. The van der Waals surface area contributed by atoms with E-state index in [9.17, 15) is 4.79 Å². The van der Waals surface area contributed by atoms with Crippen molar-refractivity contribution >= 4 is 11.6 Å². The molecule has 20 heavy (non-hydrogen) atoms. The average Bonchev–Trinajstić information content (AvgIpc) is 2.77. The quantitative estimate of drug-likeness (QED) is 0.878. The van der Waals surface area contributed by atoms with Crippen molar-refractivity contribution in [1.29, 1.82) is 0 Å². The van der Waals surface area contributed by atoms with Crippen LogP contribution in [0.2, 0.25) is 0 Å². The fourth-order valence-electron chi connectivity index (χ4n) is 2.31. The van der Waals surface area contributed by atoms with Gasteiger partial charge in [0, 0.05) is 5.69 Å². The van der Waals surface area contributed by atoms with Gasteiger partial charge in [-0.15, -0.1) is 0 Å². The van der Waals surface area contributed by atoms with Crippen molar-refractivity contribution < 1.29 is 9.21 Å². The molecule has 1 amide bonds. The Bertz CT molecular complexity index is 613. The minimum Gasteiger partial charge on any atom is -0.466 e. The van der Waals surface area contributed by atoms with E-state index >= 15 is 0 Å². The van der Waals surface area contributed by atoms with Gasteiger partial charge in [-0.1, -0.05) is 32.0 Å². The van der Waals surface area contributed by atoms with Gasteiger partial charge >= 0.3 is 0 Å². The molecule has 1 aromatic carbocycles. The smallest absolute Gasteiger partial charge is 0.259 e. The van der Waals surface area contributed by atoms with Crippen LogP contribution in [0.3, 0.4) is 0 Å². The molecule has 0 aliphatic heterocycles. The molecular weight excluding hydrogens is 250 g/mol. The molecule has 1 aromatic heterocycles. The lowest BCUT2D eigenvalue weighted by Gasteiger charge is -2.15. The number of amides is 1. The Morgan fingerprint density at radius 3 is 2.60 bits per heavy atom. The third-order valence-corrected chi connectivity index (χ3v) is 3.64. The lowest BCUT2D eigenvalue weighted by Crippen LogP contribution is -2.14. The zero-order valence-corrected chi connectivity index (χ0v) is 12.5. The van der Waals surface area contributed by atoms with E-state index in [0.717, 1.165) is 17.9 Å². The Balaban J connectivity index is 2.26. The number of rotatable bonds is 4. The zero-order valence-electron chi connectivity index (χ0n) is 12.5. The molecule has 2 aromatic rings. The standard InChI is InChI=1S/C17H21NO2/c1-5-11(2)14-8-6-7-9-16(14)18-17(19)15-10-12(3)20-13(15)4/h6-11H,5H2,1-4H3,(H,18,19)/t11-/m0/s1. The summed E-state index contributed by atoms with van der Waals surface area (Å²) in [5.41, 5.74) is 2.65. The van der Waals surface area contributed by atoms with Gasteiger partial charge in [0.1, 0.15) is 11.5 Å². The Hall–Kier alpha value is -2.03. The Morgan fingerprint density at radius 1 is 1.30 bits per heavy atom. The second kappa shape index (κ2) is 5.95. The van der Waals surface area contributed by atoms with Gasteiger partial charge in [0.25, 0.3) is 5.91 Å². The highest BCUT2D eigenvalue weighted by atomic mass is 16.3. The van der Waals surface area contributed by atoms with Crippen LogP contribution in [-0.2, 0) is 0 Å². The van der Waals surface area contributed by atoms with Crippen LogP contribution in [0.5, 0.6) is 0 Å². The second-order valence-electron chi connectivity index (χ2n) is 5.18. The van der Waals surface area contributed by atoms with E-state index in [4.69, 9.17) is 4.42 Å². The van der Waals surface area contributed by atoms with E-state index in [1.54, 1.807) is 6.07 Å². The van der Waals surface area contributed by atoms with E-state index in [0.29, 0.717) is 17.2 Å². The number of furan rings is 1. The summed E-state index contributed by atoms with van der Waals surface area (Å²) in [6.45, 7) is 7.96. The van der Waals surface area contributed by atoms with Crippen LogP contribution in [0.4, 0.5) is 5.69 Å². The van der Waals surface area contributed by atoms with Gasteiger partial charge in [0.2, 0.25) is 0 Å². The first-order valence-electron chi connectivity index (χ1n) is 7.00. The van der Waals surface area contributed by atoms with Crippen LogP contribution in [0, 0.1) is 13.8 Å². The van der Waals surface area contributed by atoms with Gasteiger partial charge in [0.05, 0.1) is 5.56 Å². The first-order valence-corrected chi connectivity index (χ1v) is 7.00. The number of carbonyl (C=O) groups is 1. The van der Waals surface area contributed by atoms with Crippen molar-refractivity contribution in [3.05, 3.63) is 53.0 Å². The van der Waals surface area contributed by atoms with Crippen LogP contribution < -0.4 is 5.32 Å². The monoisotopic (exact) mass is 271 g/mol. The highest BCUT2D eigenvalue weighted by Crippen LogP contribution is 2.27. The van der Waals surface area contributed by atoms with Gasteiger partial charge < -0.3 is 9.73 Å². The Kier molecular flexibility index (Phi) is 4.28. The number of aryl methyl sites for hydroxylation is 2. The summed E-state index contributed by atoms with van der Waals surface area (Å²) in [4.78, 5) is 12.3. The minimum absolute atomic E-state index is 0.116. The highest BCUT2D eigenvalue weighted by molar-refractivity contribution is 6.05. The predicted octanol–water partition coefficient (Wildman–Crippen LogP) is 4.66. The summed E-state index contributed by atoms with van der Waals surface area (Å²) in [7, 11) is 0. The summed E-state index contributed by atoms with van der Waals surface area (Å²) in [5, 5.41) is 3.00. The number of anilines is 1. The number of hydrogen-bond acceptors (Lipinski definition) is 2. The van der Waals surface area contributed by atoms with Crippen LogP contribution in [0.15, 0.2) is 34.7 Å². The molecule has 0 aliphatic rings. The molecule has 0 spiro atoms. The number of hydrogen-bond donors (Lipinski definition) is 1. The third kappa shape index (κ3) is 2.93. The second-order valence-corrected chi connectivity index (χ2v) is 5.18. The normalized spacial score (nSPS) is 12.2. The lowest BCUT2D eigenvalue weighted by molar-refractivity contribution is 0.102. The van der Waals surface area contributed by atoms with Gasteiger partial charge in [-0.25, -0.2) is 0 Å². The fraction of sp³-hybridized carbons (Fsp3) is 0.353. The molecular formula is C17H21NO2. The molecule has 0 aliphatic carbocycles. The van der Waals surface area contributed by atoms with E-state index < -0.39 is 0 Å². The lowest BCUT2D eigenvalue weighted by atomic mass is 9.97. The van der Waals surface area contributed by atoms with Gasteiger partial charge in [-0.2, -0.15) is 0 Å². The van der Waals surface area contributed by atoms with Crippen LogP contribution in [0.1, 0.15) is 53.6 Å². The van der Waals surface area contributed by atoms with Crippen molar-refractivity contribution in [2.45, 2.75) is 40.0 Å². The number of para-hydroxylation sites is 1. The Labute approximate surface area is 120 Å². The fourth-order valence-corrected chi connectivity index (χ4v) is 2.31. The van der Waals surface area contributed by atoms with Crippen molar-refractivity contribution in [2.24, 2.45) is 0 Å². The molecule has 0 saturated carbocycles. The summed E-state index contributed by atoms with van der Waals surface area (Å²) in [6, 6.07) is 9.73. The third-order valence-electron chi connectivity index (χ3n) is 3.64. The highest BCUT2D eigenvalue weighted by Gasteiger charge is 2.16. The molecule has 1 N–H and O–H groups in total. The molecule has 0 radical (unpaired) electrons. The summed E-state index contributed by atoms with van der Waals surface area (Å²) in [6.07, 6.45) is 1.04. The van der Waals surface area contributed by atoms with Gasteiger partial charge in [0.15, 0.2) is 0 Å². The topological polar surface area (TPSA) is 42.2 Å². The van der Waals surface area contributed by atoms with Gasteiger partial charge in [-0.05, 0) is 43.9 Å². The SMILES string of the molecule is CC[C@H](C)c1ccccc1NC(=O)c1cc(C)oc1C. The molecule has 3 heteroatoms. The average molecular weight is 271 g/mol. The van der Waals surface area contributed by atoms with E-state index in [2.05, 4.69) is 25.2 Å². The van der Waals surface area contributed by atoms with Crippen LogP contribution >= 0.6 is 0 Å². The molecule has 0 fully saturated rings. The molecule has 106 valence electrons. The molecule has 2 rings (SSSR count). The zero-order chi connectivity index (χ0) is 14.7. The van der Waals surface area contributed by atoms with Crippen LogP contribution in [0.25, 0.3) is 0 Å². The molecule has 0 saturated heterocycles. The first-order chi connectivity index (χ1) is 9.52. The molecule has 3 nitrogen and oxygen atoms in total. The summed E-state index contributed by atoms with van der Waals surface area (Å²) >= 11 is 0. The van der Waals surface area contributed by atoms with Crippen molar-refractivity contribution in [1.82, 2.24) is 0 Å². The van der Waals surface area contributed by atoms with Crippen molar-refractivity contribution in [2.75, 3.05) is 5.32 Å². The largest absolute Gasteiger partial charge is 0.466 e. The van der Waals surface area contributed by atoms with Crippen molar-refractivity contribution in [3.63, 3.8) is 0 Å². The Morgan fingerprint density at radius 2 is 2.00 bits per heavy atom. The summed E-state index contributed by atoms with van der Waals surface area (Å²) in [5.74, 6) is 1.71. The molecule has 0 unspecified atom stereocenters. The van der Waals surface area contributed by atoms with E-state index in [1.165, 1.54) is 5.56 Å².